The molecule has 2 aliphatic heterocycles. The normalized spacial score (nSPS) is 18.6. The van der Waals surface area contributed by atoms with Gasteiger partial charge in [-0.25, -0.2) is 15.0 Å². The molecule has 1 unspecified atom stereocenters. The van der Waals surface area contributed by atoms with E-state index in [2.05, 4.69) is 26.9 Å². The van der Waals surface area contributed by atoms with Gasteiger partial charge in [0.15, 0.2) is 11.6 Å². The number of carbonyl (C=O) groups excluding carboxylic acids is 1. The van der Waals surface area contributed by atoms with Crippen molar-refractivity contribution < 1.29 is 9.53 Å². The highest BCUT2D eigenvalue weighted by atomic mass is 16.5. The number of nitrogens with zero attached hydrogens (tertiary/aromatic N) is 5. The Morgan fingerprint density at radius 1 is 1.16 bits per heavy atom. The average Bonchev–Trinajstić information content (AvgIpc) is 3.09. The number of ether oxygens (including phenoxy) is 1. The van der Waals surface area contributed by atoms with E-state index in [1.165, 1.54) is 0 Å². The van der Waals surface area contributed by atoms with E-state index in [4.69, 9.17) is 4.74 Å². The molecule has 0 saturated carbocycles. The fourth-order valence-electron chi connectivity index (χ4n) is 4.41. The van der Waals surface area contributed by atoms with E-state index < -0.39 is 0 Å². The Hall–Kier alpha value is -3.32. The second-order valence-corrected chi connectivity index (χ2v) is 8.68. The van der Waals surface area contributed by atoms with Crippen molar-refractivity contribution >= 4 is 11.7 Å². The summed E-state index contributed by atoms with van der Waals surface area (Å²) in [4.78, 5) is 30.3. The number of amides is 1. The lowest BCUT2D eigenvalue weighted by molar-refractivity contribution is -0.117. The van der Waals surface area contributed by atoms with Crippen molar-refractivity contribution in [1.82, 2.24) is 19.9 Å². The minimum atomic E-state index is 0.0783. The van der Waals surface area contributed by atoms with Crippen LogP contribution in [0.3, 0.4) is 0 Å². The molecule has 4 heterocycles. The number of fused-ring (bicyclic) bond motifs is 1. The predicted molar refractivity (Wildman–Crippen MR) is 122 cm³/mol. The molecule has 1 atom stereocenters. The molecule has 7 nitrogen and oxygen atoms in total. The molecule has 7 heteroatoms. The van der Waals surface area contributed by atoms with Crippen LogP contribution in [0.4, 0.5) is 5.82 Å². The number of carbonyl (C=O) groups is 1. The van der Waals surface area contributed by atoms with Gasteiger partial charge in [0.2, 0.25) is 5.91 Å². The highest BCUT2D eigenvalue weighted by molar-refractivity contribution is 6.00. The van der Waals surface area contributed by atoms with Crippen LogP contribution in [0.25, 0.3) is 11.4 Å². The molecule has 3 aromatic rings. The van der Waals surface area contributed by atoms with Gasteiger partial charge < -0.3 is 9.64 Å². The molecule has 1 amide bonds. The largest absolute Gasteiger partial charge is 0.486 e. The molecule has 5 rings (SSSR count). The monoisotopic (exact) mass is 429 g/mol. The fourth-order valence-corrected chi connectivity index (χ4v) is 4.41. The van der Waals surface area contributed by atoms with E-state index in [-0.39, 0.29) is 12.0 Å². The quantitative estimate of drug-likeness (QED) is 0.619. The molecule has 164 valence electrons. The van der Waals surface area contributed by atoms with E-state index in [9.17, 15) is 4.79 Å². The lowest BCUT2D eigenvalue weighted by Gasteiger charge is -2.29. The highest BCUT2D eigenvalue weighted by Crippen LogP contribution is 2.29. The first-order chi connectivity index (χ1) is 15.5. The van der Waals surface area contributed by atoms with Crippen LogP contribution in [0.5, 0.6) is 5.75 Å². The van der Waals surface area contributed by atoms with Crippen molar-refractivity contribution in [1.29, 1.82) is 0 Å². The third-order valence-corrected chi connectivity index (χ3v) is 6.03. The summed E-state index contributed by atoms with van der Waals surface area (Å²) in [5.74, 6) is 2.19. The molecule has 0 aliphatic carbocycles. The zero-order valence-corrected chi connectivity index (χ0v) is 18.5. The number of likely N-dealkylation sites (N-methyl/N-ethyl adjacent to an activating group) is 1. The van der Waals surface area contributed by atoms with Crippen molar-refractivity contribution in [3.8, 4) is 17.1 Å². The Kier molecular flexibility index (Phi) is 5.57. The van der Waals surface area contributed by atoms with Gasteiger partial charge in [-0.05, 0) is 51.1 Å². The first-order valence-electron chi connectivity index (χ1n) is 11.1. The average molecular weight is 430 g/mol. The second-order valence-electron chi connectivity index (χ2n) is 8.68. The Morgan fingerprint density at radius 3 is 2.81 bits per heavy atom. The van der Waals surface area contributed by atoms with E-state index in [0.717, 1.165) is 54.1 Å². The molecular formula is C25H27N5O2. The summed E-state index contributed by atoms with van der Waals surface area (Å²) in [5, 5.41) is 0. The molecule has 0 bridgehead atoms. The first kappa shape index (κ1) is 20.6. The number of likely N-dealkylation sites (tertiary alicyclic amines) is 1. The molecule has 0 spiro atoms. The summed E-state index contributed by atoms with van der Waals surface area (Å²) < 4.78 is 6.07. The van der Waals surface area contributed by atoms with Crippen LogP contribution >= 0.6 is 0 Å². The van der Waals surface area contributed by atoms with Crippen molar-refractivity contribution in [3.63, 3.8) is 0 Å². The SMILES string of the molecule is Cc1ccc2c(n1)N(Cc1cccc(-c3ncc(OC4CCCN(C)C4)cn3)c1)C(=O)C2. The summed E-state index contributed by atoms with van der Waals surface area (Å²) in [6.45, 7) is 4.47. The number of aromatic nitrogens is 3. The second kappa shape index (κ2) is 8.67. The van der Waals surface area contributed by atoms with E-state index in [1.54, 1.807) is 17.3 Å². The molecule has 1 fully saturated rings. The third-order valence-electron chi connectivity index (χ3n) is 6.03. The highest BCUT2D eigenvalue weighted by Gasteiger charge is 2.28. The molecule has 32 heavy (non-hydrogen) atoms. The predicted octanol–water partition coefficient (Wildman–Crippen LogP) is 3.41. The summed E-state index contributed by atoms with van der Waals surface area (Å²) in [6, 6.07) is 12.0. The zero-order valence-electron chi connectivity index (χ0n) is 18.5. The summed E-state index contributed by atoms with van der Waals surface area (Å²) >= 11 is 0. The smallest absolute Gasteiger partial charge is 0.233 e. The van der Waals surface area contributed by atoms with Crippen LogP contribution in [0.1, 0.15) is 29.7 Å². The maximum Gasteiger partial charge on any atom is 0.233 e. The molecule has 2 aliphatic rings. The number of pyridine rings is 1. The van der Waals surface area contributed by atoms with Gasteiger partial charge in [-0.1, -0.05) is 24.3 Å². The van der Waals surface area contributed by atoms with E-state index in [0.29, 0.717) is 24.5 Å². The number of rotatable bonds is 5. The lowest BCUT2D eigenvalue weighted by atomic mass is 10.1. The van der Waals surface area contributed by atoms with Crippen LogP contribution in [-0.2, 0) is 17.8 Å². The summed E-state index contributed by atoms with van der Waals surface area (Å²) in [6.07, 6.45) is 6.29. The van der Waals surface area contributed by atoms with E-state index >= 15 is 0 Å². The van der Waals surface area contributed by atoms with Crippen LogP contribution in [-0.4, -0.2) is 52.0 Å². The Morgan fingerprint density at radius 2 is 2.00 bits per heavy atom. The van der Waals surface area contributed by atoms with Gasteiger partial charge >= 0.3 is 0 Å². The lowest BCUT2D eigenvalue weighted by Crippen LogP contribution is -2.38. The van der Waals surface area contributed by atoms with Gasteiger partial charge in [0.25, 0.3) is 0 Å². The minimum Gasteiger partial charge on any atom is -0.486 e. The maximum absolute atomic E-state index is 12.6. The Balaban J connectivity index is 1.30. The number of anilines is 1. The van der Waals surface area contributed by atoms with Crippen LogP contribution in [0, 0.1) is 6.92 Å². The summed E-state index contributed by atoms with van der Waals surface area (Å²) in [7, 11) is 2.12. The number of piperidine rings is 1. The van der Waals surface area contributed by atoms with Crippen molar-refractivity contribution in [2.45, 2.75) is 38.8 Å². The molecule has 0 N–H and O–H groups in total. The molecule has 2 aromatic heterocycles. The van der Waals surface area contributed by atoms with Crippen LogP contribution < -0.4 is 9.64 Å². The molecular weight excluding hydrogens is 402 g/mol. The topological polar surface area (TPSA) is 71.5 Å². The first-order valence-corrected chi connectivity index (χ1v) is 11.1. The number of hydrogen-bond acceptors (Lipinski definition) is 6. The van der Waals surface area contributed by atoms with Gasteiger partial charge in [0.05, 0.1) is 25.4 Å². The standard InChI is InChI=1S/C25H27N5O2/c1-17-8-9-20-12-23(31)30(25(20)28-17)15-18-5-3-6-19(11-18)24-26-13-22(14-27-24)32-21-7-4-10-29(2)16-21/h3,5-6,8-9,11,13-14,21H,4,7,10,12,15-16H2,1-2H3. The van der Waals surface area contributed by atoms with Gasteiger partial charge in [-0.15, -0.1) is 0 Å². The van der Waals surface area contributed by atoms with Gasteiger partial charge in [0.1, 0.15) is 11.9 Å². The van der Waals surface area contributed by atoms with Crippen molar-refractivity contribution in [2.75, 3.05) is 25.0 Å². The number of hydrogen-bond donors (Lipinski definition) is 0. The van der Waals surface area contributed by atoms with Gasteiger partial charge in [-0.3, -0.25) is 9.69 Å². The third kappa shape index (κ3) is 4.34. The summed E-state index contributed by atoms with van der Waals surface area (Å²) in [5.41, 5.74) is 3.82. The van der Waals surface area contributed by atoms with Crippen LogP contribution in [0.2, 0.25) is 0 Å². The van der Waals surface area contributed by atoms with Gasteiger partial charge in [0, 0.05) is 23.4 Å². The molecule has 0 radical (unpaired) electrons. The van der Waals surface area contributed by atoms with Crippen molar-refractivity contribution in [3.05, 3.63) is 65.6 Å². The molecule has 1 aromatic carbocycles. The van der Waals surface area contributed by atoms with Crippen LogP contribution in [0.15, 0.2) is 48.8 Å². The molecule has 1 saturated heterocycles. The fraction of sp³-hybridized carbons (Fsp3) is 0.360. The zero-order chi connectivity index (χ0) is 22.1. The van der Waals surface area contributed by atoms with Gasteiger partial charge in [-0.2, -0.15) is 0 Å². The number of aryl methyl sites for hydroxylation is 1. The van der Waals surface area contributed by atoms with Crippen molar-refractivity contribution in [2.24, 2.45) is 0 Å². The Bertz CT molecular complexity index is 1130. The maximum atomic E-state index is 12.6. The minimum absolute atomic E-state index is 0.0783. The Labute approximate surface area is 188 Å². The van der Waals surface area contributed by atoms with E-state index in [1.807, 2.05) is 43.3 Å². The number of benzene rings is 1.